The summed E-state index contributed by atoms with van der Waals surface area (Å²) in [4.78, 5) is 0. The quantitative estimate of drug-likeness (QED) is 0.557. The van der Waals surface area contributed by atoms with Crippen LogP contribution in [0.2, 0.25) is 0 Å². The summed E-state index contributed by atoms with van der Waals surface area (Å²) in [5.74, 6) is 1.28. The lowest BCUT2D eigenvalue weighted by Gasteiger charge is -1.88. The Morgan fingerprint density at radius 1 is 1.67 bits per heavy atom. The van der Waals surface area contributed by atoms with Crippen LogP contribution in [-0.4, -0.2) is 11.7 Å². The Labute approximate surface area is 56.4 Å². The first-order valence-corrected chi connectivity index (χ1v) is 3.50. The minimum atomic E-state index is 0.369. The predicted octanol–water partition coefficient (Wildman–Crippen LogP) is 1.58. The van der Waals surface area contributed by atoms with Crippen molar-refractivity contribution < 1.29 is 5.11 Å². The lowest BCUT2D eigenvalue weighted by Crippen LogP contribution is -1.85. The Kier molecular flexibility index (Phi) is 1.91. The average Bonchev–Trinajstić information content (AvgIpc) is 2.45. The third-order valence-electron chi connectivity index (χ3n) is 1.76. The molecule has 0 heterocycles. The zero-order valence-electron chi connectivity index (χ0n) is 6.09. The van der Waals surface area contributed by atoms with Gasteiger partial charge in [-0.2, -0.15) is 0 Å². The van der Waals surface area contributed by atoms with Gasteiger partial charge < -0.3 is 5.11 Å². The Morgan fingerprint density at radius 2 is 2.33 bits per heavy atom. The molecule has 9 heavy (non-hydrogen) atoms. The number of aliphatic hydroxyl groups excluding tert-OH is 1. The Balaban J connectivity index is 2.27. The van der Waals surface area contributed by atoms with Crippen LogP contribution in [0.3, 0.4) is 0 Å². The minimum absolute atomic E-state index is 0.369. The van der Waals surface area contributed by atoms with Gasteiger partial charge >= 0.3 is 0 Å². The van der Waals surface area contributed by atoms with Crippen molar-refractivity contribution in [2.45, 2.75) is 20.3 Å². The van der Waals surface area contributed by atoms with Crippen LogP contribution in [0.4, 0.5) is 0 Å². The van der Waals surface area contributed by atoms with E-state index >= 15 is 0 Å². The van der Waals surface area contributed by atoms with E-state index in [4.69, 9.17) is 5.11 Å². The number of allylic oxidation sites excluding steroid dienone is 2. The Morgan fingerprint density at radius 3 is 2.67 bits per heavy atom. The average molecular weight is 126 g/mol. The van der Waals surface area contributed by atoms with E-state index in [-0.39, 0.29) is 0 Å². The molecular formula is C8H14O. The lowest BCUT2D eigenvalue weighted by molar-refractivity contribution is 0.272. The zero-order chi connectivity index (χ0) is 6.85. The molecule has 1 aliphatic rings. The maximum Gasteiger partial charge on any atom is 0.0465 e. The summed E-state index contributed by atoms with van der Waals surface area (Å²) in [6.45, 7) is 4.58. The summed E-state index contributed by atoms with van der Waals surface area (Å²) in [6.07, 6.45) is 3.45. The third-order valence-corrected chi connectivity index (χ3v) is 1.76. The van der Waals surface area contributed by atoms with Gasteiger partial charge in [-0.15, -0.1) is 0 Å². The molecule has 0 bridgehead atoms. The highest BCUT2D eigenvalue weighted by Gasteiger charge is 2.33. The third kappa shape index (κ3) is 1.83. The normalized spacial score (nSPS) is 31.9. The first-order chi connectivity index (χ1) is 4.24. The topological polar surface area (TPSA) is 20.2 Å². The molecule has 0 aromatic heterocycles. The highest BCUT2D eigenvalue weighted by atomic mass is 16.3. The van der Waals surface area contributed by atoms with E-state index < -0.39 is 0 Å². The summed E-state index contributed by atoms with van der Waals surface area (Å²) in [5, 5.41) is 8.66. The molecule has 0 radical (unpaired) electrons. The second-order valence-corrected chi connectivity index (χ2v) is 3.09. The molecule has 1 N–H and O–H groups in total. The Bertz CT molecular complexity index is 123. The van der Waals surface area contributed by atoms with Crippen LogP contribution < -0.4 is 0 Å². The molecule has 1 nitrogen and oxygen atoms in total. The van der Waals surface area contributed by atoms with Gasteiger partial charge in [0.25, 0.3) is 0 Å². The molecule has 0 amide bonds. The van der Waals surface area contributed by atoms with Crippen molar-refractivity contribution in [2.75, 3.05) is 6.61 Å². The second kappa shape index (κ2) is 2.53. The van der Waals surface area contributed by atoms with Crippen molar-refractivity contribution in [3.63, 3.8) is 0 Å². The SMILES string of the molecule is CC(C)=C[C@@H]1C[C@@H]1CO. The van der Waals surface area contributed by atoms with Gasteiger partial charge in [0.2, 0.25) is 0 Å². The monoisotopic (exact) mass is 126 g/mol. The van der Waals surface area contributed by atoms with Crippen LogP contribution in [0.5, 0.6) is 0 Å². The number of rotatable bonds is 2. The smallest absolute Gasteiger partial charge is 0.0465 e. The first kappa shape index (κ1) is 6.81. The van der Waals surface area contributed by atoms with Crippen molar-refractivity contribution in [3.8, 4) is 0 Å². The summed E-state index contributed by atoms with van der Waals surface area (Å²) in [5.41, 5.74) is 1.37. The standard InChI is InChI=1S/C8H14O/c1-6(2)3-7-4-8(7)5-9/h3,7-9H,4-5H2,1-2H3/t7-,8-/m1/s1. The zero-order valence-corrected chi connectivity index (χ0v) is 6.09. The van der Waals surface area contributed by atoms with Crippen molar-refractivity contribution >= 4 is 0 Å². The molecule has 0 unspecified atom stereocenters. The molecule has 0 aliphatic heterocycles. The lowest BCUT2D eigenvalue weighted by atomic mass is 10.2. The van der Waals surface area contributed by atoms with E-state index in [2.05, 4.69) is 19.9 Å². The number of aliphatic hydroxyl groups is 1. The van der Waals surface area contributed by atoms with Gasteiger partial charge in [0.15, 0.2) is 0 Å². The molecule has 2 atom stereocenters. The van der Waals surface area contributed by atoms with Gasteiger partial charge in [-0.25, -0.2) is 0 Å². The highest BCUT2D eigenvalue weighted by Crippen LogP contribution is 2.39. The van der Waals surface area contributed by atoms with Gasteiger partial charge in [0.05, 0.1) is 0 Å². The van der Waals surface area contributed by atoms with E-state index in [1.54, 1.807) is 0 Å². The fraction of sp³-hybridized carbons (Fsp3) is 0.750. The van der Waals surface area contributed by atoms with Crippen molar-refractivity contribution in [2.24, 2.45) is 11.8 Å². The highest BCUT2D eigenvalue weighted by molar-refractivity contribution is 5.06. The summed E-state index contributed by atoms with van der Waals surface area (Å²) >= 11 is 0. The summed E-state index contributed by atoms with van der Waals surface area (Å²) < 4.78 is 0. The predicted molar refractivity (Wildman–Crippen MR) is 38.1 cm³/mol. The van der Waals surface area contributed by atoms with Crippen molar-refractivity contribution in [3.05, 3.63) is 11.6 Å². The van der Waals surface area contributed by atoms with Crippen LogP contribution in [-0.2, 0) is 0 Å². The van der Waals surface area contributed by atoms with Crippen LogP contribution in [0.1, 0.15) is 20.3 Å². The number of hydrogen-bond donors (Lipinski definition) is 1. The summed E-state index contributed by atoms with van der Waals surface area (Å²) in [7, 11) is 0. The number of hydrogen-bond acceptors (Lipinski definition) is 1. The maximum atomic E-state index is 8.66. The molecule has 52 valence electrons. The van der Waals surface area contributed by atoms with E-state index in [1.807, 2.05) is 0 Å². The second-order valence-electron chi connectivity index (χ2n) is 3.09. The van der Waals surface area contributed by atoms with Gasteiger partial charge in [-0.05, 0) is 32.1 Å². The van der Waals surface area contributed by atoms with Gasteiger partial charge in [-0.1, -0.05) is 11.6 Å². The van der Waals surface area contributed by atoms with Crippen LogP contribution in [0, 0.1) is 11.8 Å². The molecule has 0 aromatic carbocycles. The van der Waals surface area contributed by atoms with E-state index in [0.29, 0.717) is 18.4 Å². The molecule has 1 rings (SSSR count). The van der Waals surface area contributed by atoms with E-state index in [9.17, 15) is 0 Å². The van der Waals surface area contributed by atoms with Gasteiger partial charge in [-0.3, -0.25) is 0 Å². The van der Waals surface area contributed by atoms with Crippen molar-refractivity contribution in [1.29, 1.82) is 0 Å². The van der Waals surface area contributed by atoms with E-state index in [0.717, 1.165) is 0 Å². The minimum Gasteiger partial charge on any atom is -0.396 e. The molecule has 1 saturated carbocycles. The van der Waals surface area contributed by atoms with Crippen LogP contribution in [0.15, 0.2) is 11.6 Å². The van der Waals surface area contributed by atoms with Gasteiger partial charge in [0, 0.05) is 6.61 Å². The molecule has 0 saturated heterocycles. The largest absolute Gasteiger partial charge is 0.396 e. The summed E-state index contributed by atoms with van der Waals surface area (Å²) in [6, 6.07) is 0. The van der Waals surface area contributed by atoms with Crippen LogP contribution >= 0.6 is 0 Å². The molecular weight excluding hydrogens is 112 g/mol. The molecule has 0 spiro atoms. The fourth-order valence-corrected chi connectivity index (χ4v) is 1.11. The molecule has 0 aromatic rings. The van der Waals surface area contributed by atoms with E-state index in [1.165, 1.54) is 12.0 Å². The molecule has 1 heteroatoms. The van der Waals surface area contributed by atoms with Crippen molar-refractivity contribution in [1.82, 2.24) is 0 Å². The fourth-order valence-electron chi connectivity index (χ4n) is 1.11. The maximum absolute atomic E-state index is 8.66. The van der Waals surface area contributed by atoms with Gasteiger partial charge in [0.1, 0.15) is 0 Å². The van der Waals surface area contributed by atoms with Crippen LogP contribution in [0.25, 0.3) is 0 Å². The molecule has 1 fully saturated rings. The molecule has 1 aliphatic carbocycles. The first-order valence-electron chi connectivity index (χ1n) is 3.50. The Hall–Kier alpha value is -0.300.